The molecule has 1 saturated carbocycles. The van der Waals surface area contributed by atoms with Crippen molar-refractivity contribution in [2.75, 3.05) is 19.6 Å². The Kier molecular flexibility index (Phi) is 5.14. The van der Waals surface area contributed by atoms with Crippen LogP contribution in [0, 0.1) is 5.82 Å². The number of benzene rings is 1. The molecule has 0 saturated heterocycles. The molecule has 1 aromatic carbocycles. The topological polar surface area (TPSA) is 29.3 Å². The maximum absolute atomic E-state index is 12.8. The third-order valence-corrected chi connectivity index (χ3v) is 3.86. The quantitative estimate of drug-likeness (QED) is 0.841. The van der Waals surface area contributed by atoms with Crippen LogP contribution >= 0.6 is 0 Å². The zero-order valence-corrected chi connectivity index (χ0v) is 10.9. The van der Waals surface area contributed by atoms with Gasteiger partial charge in [-0.05, 0) is 37.0 Å². The summed E-state index contributed by atoms with van der Waals surface area (Å²) in [4.78, 5) is 2.51. The van der Waals surface area contributed by atoms with Crippen LogP contribution in [-0.2, 0) is 6.42 Å². The second kappa shape index (κ2) is 6.86. The summed E-state index contributed by atoms with van der Waals surface area (Å²) in [5, 5.41) is 0. The highest BCUT2D eigenvalue weighted by atomic mass is 19.1. The Hall–Kier alpha value is -0.930. The maximum Gasteiger partial charge on any atom is 0.123 e. The van der Waals surface area contributed by atoms with Gasteiger partial charge in [0.05, 0.1) is 0 Å². The number of hydrogen-bond acceptors (Lipinski definition) is 2. The fourth-order valence-corrected chi connectivity index (χ4v) is 2.84. The number of hydrogen-bond donors (Lipinski definition) is 1. The molecule has 0 bridgehead atoms. The molecule has 1 aliphatic rings. The molecule has 2 N–H and O–H groups in total. The number of rotatable bonds is 6. The van der Waals surface area contributed by atoms with Gasteiger partial charge in [0.1, 0.15) is 5.82 Å². The smallest absolute Gasteiger partial charge is 0.123 e. The van der Waals surface area contributed by atoms with Gasteiger partial charge < -0.3 is 5.73 Å². The molecule has 0 heterocycles. The molecular weight excluding hydrogens is 227 g/mol. The third-order valence-electron chi connectivity index (χ3n) is 3.86. The standard InChI is InChI=1S/C15H23FN2/c16-14-7-5-13(6-8-14)9-11-18(12-10-17)15-3-1-2-4-15/h5-8,15H,1-4,9-12,17H2. The highest BCUT2D eigenvalue weighted by molar-refractivity contribution is 5.16. The summed E-state index contributed by atoms with van der Waals surface area (Å²) in [6, 6.07) is 7.56. The first-order valence-corrected chi connectivity index (χ1v) is 6.98. The molecule has 0 aliphatic heterocycles. The average Bonchev–Trinajstić information content (AvgIpc) is 2.90. The van der Waals surface area contributed by atoms with Crippen molar-refractivity contribution < 1.29 is 4.39 Å². The van der Waals surface area contributed by atoms with Crippen LogP contribution in [0.5, 0.6) is 0 Å². The van der Waals surface area contributed by atoms with E-state index in [4.69, 9.17) is 5.73 Å². The Morgan fingerprint density at radius 1 is 1.11 bits per heavy atom. The third kappa shape index (κ3) is 3.79. The summed E-state index contributed by atoms with van der Waals surface area (Å²) in [6.45, 7) is 2.74. The Morgan fingerprint density at radius 3 is 2.39 bits per heavy atom. The van der Waals surface area contributed by atoms with Crippen LogP contribution in [0.4, 0.5) is 4.39 Å². The van der Waals surface area contributed by atoms with Crippen molar-refractivity contribution in [3.8, 4) is 0 Å². The van der Waals surface area contributed by atoms with Gasteiger partial charge in [-0.3, -0.25) is 4.90 Å². The highest BCUT2D eigenvalue weighted by Gasteiger charge is 2.21. The molecule has 100 valence electrons. The van der Waals surface area contributed by atoms with Crippen molar-refractivity contribution >= 4 is 0 Å². The second-order valence-corrected chi connectivity index (χ2v) is 5.14. The predicted molar refractivity (Wildman–Crippen MR) is 73.0 cm³/mol. The summed E-state index contributed by atoms with van der Waals surface area (Å²) in [6.07, 6.45) is 6.30. The molecule has 2 nitrogen and oxygen atoms in total. The van der Waals surface area contributed by atoms with Gasteiger partial charge in [-0.2, -0.15) is 0 Å². The van der Waals surface area contributed by atoms with Gasteiger partial charge in [-0.15, -0.1) is 0 Å². The van der Waals surface area contributed by atoms with Crippen LogP contribution in [0.25, 0.3) is 0 Å². The van der Waals surface area contributed by atoms with E-state index in [-0.39, 0.29) is 5.82 Å². The lowest BCUT2D eigenvalue weighted by atomic mass is 10.1. The summed E-state index contributed by atoms with van der Waals surface area (Å²) in [5.41, 5.74) is 6.90. The van der Waals surface area contributed by atoms with E-state index in [9.17, 15) is 4.39 Å². The van der Waals surface area contributed by atoms with Gasteiger partial charge in [0.15, 0.2) is 0 Å². The van der Waals surface area contributed by atoms with Gasteiger partial charge in [-0.25, -0.2) is 4.39 Å². The Bertz CT molecular complexity index is 344. The summed E-state index contributed by atoms with van der Waals surface area (Å²) in [7, 11) is 0. The van der Waals surface area contributed by atoms with Gasteiger partial charge >= 0.3 is 0 Å². The van der Waals surface area contributed by atoms with E-state index in [1.807, 2.05) is 12.1 Å². The van der Waals surface area contributed by atoms with E-state index < -0.39 is 0 Å². The lowest BCUT2D eigenvalue weighted by Crippen LogP contribution is -2.38. The van der Waals surface area contributed by atoms with Crippen molar-refractivity contribution in [2.24, 2.45) is 5.73 Å². The van der Waals surface area contributed by atoms with Gasteiger partial charge in [-0.1, -0.05) is 25.0 Å². The van der Waals surface area contributed by atoms with Crippen LogP contribution in [-0.4, -0.2) is 30.6 Å². The first-order chi connectivity index (χ1) is 8.79. The lowest BCUT2D eigenvalue weighted by Gasteiger charge is -2.28. The second-order valence-electron chi connectivity index (χ2n) is 5.14. The van der Waals surface area contributed by atoms with Crippen molar-refractivity contribution in [1.82, 2.24) is 4.90 Å². The van der Waals surface area contributed by atoms with Crippen molar-refractivity contribution in [1.29, 1.82) is 0 Å². The molecule has 1 aliphatic carbocycles. The van der Waals surface area contributed by atoms with Crippen LogP contribution < -0.4 is 5.73 Å². The molecule has 1 fully saturated rings. The molecule has 0 amide bonds. The first-order valence-electron chi connectivity index (χ1n) is 6.98. The van der Waals surface area contributed by atoms with Gasteiger partial charge in [0, 0.05) is 25.7 Å². The molecule has 2 rings (SSSR count). The van der Waals surface area contributed by atoms with E-state index in [1.165, 1.54) is 43.4 Å². The zero-order valence-electron chi connectivity index (χ0n) is 10.9. The van der Waals surface area contributed by atoms with Crippen LogP contribution in [0.2, 0.25) is 0 Å². The molecule has 0 aromatic heterocycles. The Balaban J connectivity index is 1.86. The molecule has 0 unspecified atom stereocenters. The number of nitrogens with two attached hydrogens (primary N) is 1. The minimum atomic E-state index is -0.159. The lowest BCUT2D eigenvalue weighted by molar-refractivity contribution is 0.206. The SMILES string of the molecule is NCCN(CCc1ccc(F)cc1)C1CCCC1. The maximum atomic E-state index is 12.8. The van der Waals surface area contributed by atoms with E-state index in [0.29, 0.717) is 6.04 Å². The fourth-order valence-electron chi connectivity index (χ4n) is 2.84. The summed E-state index contributed by atoms with van der Waals surface area (Å²) < 4.78 is 12.8. The molecule has 0 radical (unpaired) electrons. The monoisotopic (exact) mass is 250 g/mol. The minimum absolute atomic E-state index is 0.159. The van der Waals surface area contributed by atoms with Crippen LogP contribution in [0.1, 0.15) is 31.2 Å². The highest BCUT2D eigenvalue weighted by Crippen LogP contribution is 2.23. The molecule has 18 heavy (non-hydrogen) atoms. The fraction of sp³-hybridized carbons (Fsp3) is 0.600. The van der Waals surface area contributed by atoms with E-state index >= 15 is 0 Å². The molecule has 1 aromatic rings. The Labute approximate surface area is 109 Å². The largest absolute Gasteiger partial charge is 0.329 e. The predicted octanol–water partition coefficient (Wildman–Crippen LogP) is 2.57. The summed E-state index contributed by atoms with van der Waals surface area (Å²) in [5.74, 6) is -0.159. The first kappa shape index (κ1) is 13.5. The zero-order chi connectivity index (χ0) is 12.8. The number of halogens is 1. The van der Waals surface area contributed by atoms with Gasteiger partial charge in [0.2, 0.25) is 0 Å². The van der Waals surface area contributed by atoms with Crippen molar-refractivity contribution in [3.63, 3.8) is 0 Å². The molecule has 0 atom stereocenters. The van der Waals surface area contributed by atoms with Crippen molar-refractivity contribution in [2.45, 2.75) is 38.1 Å². The van der Waals surface area contributed by atoms with E-state index in [2.05, 4.69) is 4.90 Å². The van der Waals surface area contributed by atoms with E-state index in [0.717, 1.165) is 26.1 Å². The Morgan fingerprint density at radius 2 is 1.78 bits per heavy atom. The average molecular weight is 250 g/mol. The van der Waals surface area contributed by atoms with E-state index in [1.54, 1.807) is 0 Å². The van der Waals surface area contributed by atoms with Gasteiger partial charge in [0.25, 0.3) is 0 Å². The minimum Gasteiger partial charge on any atom is -0.329 e. The van der Waals surface area contributed by atoms with Crippen molar-refractivity contribution in [3.05, 3.63) is 35.6 Å². The number of nitrogens with zero attached hydrogens (tertiary/aromatic N) is 1. The normalized spacial score (nSPS) is 16.6. The molecule has 3 heteroatoms. The molecular formula is C15H23FN2. The van der Waals surface area contributed by atoms with Crippen LogP contribution in [0.3, 0.4) is 0 Å². The molecule has 0 spiro atoms. The summed E-state index contributed by atoms with van der Waals surface area (Å²) >= 11 is 0. The van der Waals surface area contributed by atoms with Crippen LogP contribution in [0.15, 0.2) is 24.3 Å².